The van der Waals surface area contributed by atoms with Crippen LogP contribution in [0.1, 0.15) is 23.1 Å². The van der Waals surface area contributed by atoms with E-state index in [1.54, 1.807) is 0 Å². The fourth-order valence-corrected chi connectivity index (χ4v) is 3.93. The number of aliphatic imine (C=N–C) groups is 1. The maximum atomic E-state index is 14.1. The highest BCUT2D eigenvalue weighted by molar-refractivity contribution is 5.85. The molecule has 0 saturated carbocycles. The van der Waals surface area contributed by atoms with Crippen molar-refractivity contribution in [1.82, 2.24) is 10.2 Å². The van der Waals surface area contributed by atoms with Crippen molar-refractivity contribution in [3.8, 4) is 0 Å². The summed E-state index contributed by atoms with van der Waals surface area (Å²) >= 11 is 0. The first-order valence-corrected chi connectivity index (χ1v) is 8.88. The van der Waals surface area contributed by atoms with Crippen molar-refractivity contribution in [3.05, 3.63) is 71.3 Å². The Balaban J connectivity index is 1.52. The SMILES string of the molecule is NC(=O)[C@@H]1CN(C2=NCC(c3c(F)cccc3F)N2)C[C@H]1c1ccccc1. The van der Waals surface area contributed by atoms with Gasteiger partial charge < -0.3 is 16.0 Å². The quantitative estimate of drug-likeness (QED) is 0.870. The summed E-state index contributed by atoms with van der Waals surface area (Å²) in [5.41, 5.74) is 6.65. The molecule has 2 aromatic rings. The number of nitrogens with two attached hydrogens (primary N) is 1. The van der Waals surface area contributed by atoms with Crippen LogP contribution in [-0.2, 0) is 4.79 Å². The number of hydrogen-bond donors (Lipinski definition) is 2. The average molecular weight is 370 g/mol. The van der Waals surface area contributed by atoms with E-state index >= 15 is 0 Å². The van der Waals surface area contributed by atoms with Crippen molar-refractivity contribution >= 4 is 11.9 Å². The molecular weight excluding hydrogens is 350 g/mol. The Kier molecular flexibility index (Phi) is 4.51. The summed E-state index contributed by atoms with van der Waals surface area (Å²) in [5.74, 6) is -1.39. The van der Waals surface area contributed by atoms with E-state index in [1.807, 2.05) is 35.2 Å². The van der Waals surface area contributed by atoms with Crippen LogP contribution < -0.4 is 11.1 Å². The number of nitrogens with zero attached hydrogens (tertiary/aromatic N) is 2. The Bertz CT molecular complexity index is 867. The minimum Gasteiger partial charge on any atom is -0.369 e. The van der Waals surface area contributed by atoms with Crippen molar-refractivity contribution in [2.24, 2.45) is 16.6 Å². The third kappa shape index (κ3) is 3.25. The van der Waals surface area contributed by atoms with Gasteiger partial charge >= 0.3 is 0 Å². The Labute approximate surface area is 155 Å². The van der Waals surface area contributed by atoms with Gasteiger partial charge in [-0.1, -0.05) is 36.4 Å². The van der Waals surface area contributed by atoms with E-state index < -0.39 is 17.7 Å². The average Bonchev–Trinajstić information content (AvgIpc) is 3.29. The van der Waals surface area contributed by atoms with Crippen molar-refractivity contribution in [1.29, 1.82) is 0 Å². The van der Waals surface area contributed by atoms with Gasteiger partial charge in [0.1, 0.15) is 11.6 Å². The van der Waals surface area contributed by atoms with E-state index in [9.17, 15) is 13.6 Å². The molecule has 1 amide bonds. The number of amides is 1. The van der Waals surface area contributed by atoms with Crippen LogP contribution in [0.5, 0.6) is 0 Å². The molecule has 1 unspecified atom stereocenters. The van der Waals surface area contributed by atoms with Gasteiger partial charge in [-0.3, -0.25) is 9.79 Å². The molecule has 0 spiro atoms. The third-order valence-electron chi connectivity index (χ3n) is 5.29. The van der Waals surface area contributed by atoms with Crippen LogP contribution in [0.4, 0.5) is 8.78 Å². The Morgan fingerprint density at radius 1 is 1.07 bits per heavy atom. The molecule has 0 aliphatic carbocycles. The van der Waals surface area contributed by atoms with E-state index in [2.05, 4.69) is 10.3 Å². The third-order valence-corrected chi connectivity index (χ3v) is 5.29. The molecule has 2 heterocycles. The first-order chi connectivity index (χ1) is 13.0. The van der Waals surface area contributed by atoms with Crippen LogP contribution >= 0.6 is 0 Å². The van der Waals surface area contributed by atoms with Gasteiger partial charge in [0.15, 0.2) is 5.96 Å². The van der Waals surface area contributed by atoms with E-state index in [1.165, 1.54) is 18.2 Å². The molecule has 2 aliphatic rings. The molecule has 1 saturated heterocycles. The van der Waals surface area contributed by atoms with Crippen LogP contribution in [0.25, 0.3) is 0 Å². The zero-order valence-electron chi connectivity index (χ0n) is 14.6. The standard InChI is InChI=1S/C20H20F2N4O/c21-15-7-4-8-16(22)18(15)17-9-24-20(25-17)26-10-13(14(11-26)19(23)27)12-5-2-1-3-6-12/h1-8,13-14,17H,9-11H2,(H2,23,27)(H,24,25)/t13-,14+,17?/m0/s1. The maximum absolute atomic E-state index is 14.1. The highest BCUT2D eigenvalue weighted by atomic mass is 19.1. The zero-order chi connectivity index (χ0) is 19.0. The van der Waals surface area contributed by atoms with Gasteiger partial charge in [0, 0.05) is 24.6 Å². The lowest BCUT2D eigenvalue weighted by Gasteiger charge is -2.21. The van der Waals surface area contributed by atoms with Gasteiger partial charge in [0.25, 0.3) is 0 Å². The number of halogens is 2. The summed E-state index contributed by atoms with van der Waals surface area (Å²) in [6.45, 7) is 1.23. The molecule has 3 N–H and O–H groups in total. The summed E-state index contributed by atoms with van der Waals surface area (Å²) in [5, 5.41) is 3.11. The summed E-state index contributed by atoms with van der Waals surface area (Å²) in [4.78, 5) is 18.3. The molecule has 4 rings (SSSR count). The summed E-state index contributed by atoms with van der Waals surface area (Å²) < 4.78 is 28.1. The van der Waals surface area contributed by atoms with Gasteiger partial charge in [-0.2, -0.15) is 0 Å². The van der Waals surface area contributed by atoms with E-state index in [0.717, 1.165) is 5.56 Å². The van der Waals surface area contributed by atoms with E-state index in [-0.39, 0.29) is 29.9 Å². The highest BCUT2D eigenvalue weighted by Gasteiger charge is 2.40. The molecule has 5 nitrogen and oxygen atoms in total. The fraction of sp³-hybridized carbons (Fsp3) is 0.300. The lowest BCUT2D eigenvalue weighted by molar-refractivity contribution is -0.121. The molecule has 0 aromatic heterocycles. The molecule has 2 aromatic carbocycles. The normalized spacial score (nSPS) is 24.6. The number of carbonyl (C=O) groups is 1. The maximum Gasteiger partial charge on any atom is 0.223 e. The number of benzene rings is 2. The van der Waals surface area contributed by atoms with Crippen LogP contribution in [-0.4, -0.2) is 36.4 Å². The highest BCUT2D eigenvalue weighted by Crippen LogP contribution is 2.34. The number of primary amides is 1. The monoisotopic (exact) mass is 370 g/mol. The molecule has 140 valence electrons. The van der Waals surface area contributed by atoms with Crippen molar-refractivity contribution < 1.29 is 13.6 Å². The molecule has 1 fully saturated rings. The Hall–Kier alpha value is -2.96. The lowest BCUT2D eigenvalue weighted by Crippen LogP contribution is -2.39. The second-order valence-corrected chi connectivity index (χ2v) is 6.93. The van der Waals surface area contributed by atoms with Gasteiger partial charge in [-0.05, 0) is 17.7 Å². The predicted molar refractivity (Wildman–Crippen MR) is 98.0 cm³/mol. The molecule has 0 radical (unpaired) electrons. The largest absolute Gasteiger partial charge is 0.369 e. The smallest absolute Gasteiger partial charge is 0.223 e. The van der Waals surface area contributed by atoms with Crippen molar-refractivity contribution in [2.45, 2.75) is 12.0 Å². The van der Waals surface area contributed by atoms with Crippen LogP contribution in [0.3, 0.4) is 0 Å². The van der Waals surface area contributed by atoms with Gasteiger partial charge in [-0.15, -0.1) is 0 Å². The van der Waals surface area contributed by atoms with Gasteiger partial charge in [-0.25, -0.2) is 8.78 Å². The number of guanidine groups is 1. The van der Waals surface area contributed by atoms with E-state index in [4.69, 9.17) is 5.73 Å². The topological polar surface area (TPSA) is 70.7 Å². The summed E-state index contributed by atoms with van der Waals surface area (Å²) in [7, 11) is 0. The van der Waals surface area contributed by atoms with Crippen molar-refractivity contribution in [2.75, 3.05) is 19.6 Å². The van der Waals surface area contributed by atoms with E-state index in [0.29, 0.717) is 19.0 Å². The molecule has 27 heavy (non-hydrogen) atoms. The number of hydrogen-bond acceptors (Lipinski definition) is 4. The minimum absolute atomic E-state index is 0.0125. The van der Waals surface area contributed by atoms with Gasteiger partial charge in [0.2, 0.25) is 5.91 Å². The zero-order valence-corrected chi connectivity index (χ0v) is 14.6. The van der Waals surface area contributed by atoms with Crippen LogP contribution in [0.15, 0.2) is 53.5 Å². The molecular formula is C20H20F2N4O. The first kappa shape index (κ1) is 17.5. The fourth-order valence-electron chi connectivity index (χ4n) is 3.93. The summed E-state index contributed by atoms with van der Waals surface area (Å²) in [6, 6.07) is 13.0. The first-order valence-electron chi connectivity index (χ1n) is 8.88. The second-order valence-electron chi connectivity index (χ2n) is 6.93. The predicted octanol–water partition coefficient (Wildman–Crippen LogP) is 2.17. The molecule has 0 bridgehead atoms. The van der Waals surface area contributed by atoms with Gasteiger partial charge in [0.05, 0.1) is 18.5 Å². The molecule has 2 aliphatic heterocycles. The van der Waals surface area contributed by atoms with Crippen molar-refractivity contribution in [3.63, 3.8) is 0 Å². The minimum atomic E-state index is -0.595. The molecule has 3 atom stereocenters. The Morgan fingerprint density at radius 3 is 2.44 bits per heavy atom. The number of carbonyl (C=O) groups excluding carboxylic acids is 1. The molecule has 7 heteroatoms. The van der Waals surface area contributed by atoms with Crippen LogP contribution in [0, 0.1) is 17.6 Å². The lowest BCUT2D eigenvalue weighted by atomic mass is 9.89. The number of likely N-dealkylation sites (tertiary alicyclic amines) is 1. The summed E-state index contributed by atoms with van der Waals surface area (Å²) in [6.07, 6.45) is 0. The van der Waals surface area contributed by atoms with Crippen LogP contribution in [0.2, 0.25) is 0 Å². The number of rotatable bonds is 3. The number of nitrogens with one attached hydrogen (secondary N) is 1. The Morgan fingerprint density at radius 2 is 1.78 bits per heavy atom. The second kappa shape index (κ2) is 6.98.